The Kier molecular flexibility index (Phi) is 2.90. The Morgan fingerprint density at radius 3 is 2.65 bits per heavy atom. The lowest BCUT2D eigenvalue weighted by Gasteiger charge is -2.10. The van der Waals surface area contributed by atoms with Gasteiger partial charge in [0.1, 0.15) is 5.52 Å². The molecule has 0 saturated carbocycles. The zero-order valence-corrected chi connectivity index (χ0v) is 10.1. The maximum absolute atomic E-state index is 13.5. The Morgan fingerprint density at radius 1 is 1.41 bits per heavy atom. The van der Waals surface area contributed by atoms with Crippen LogP contribution in [0.4, 0.5) is 17.6 Å². The highest BCUT2D eigenvalue weighted by Gasteiger charge is 2.34. The standard InChI is InChI=1S/C8H2BrF4NO2S/c9-2-1-3-5(14-7(17)15-3)6(4(2)10)16-8(11,12)13/h1H,(H,14,17). The molecule has 0 fully saturated rings. The number of fused-ring (bicyclic) bond motifs is 1. The van der Waals surface area contributed by atoms with E-state index in [2.05, 4.69) is 37.9 Å². The third-order valence-electron chi connectivity index (χ3n) is 1.79. The summed E-state index contributed by atoms with van der Waals surface area (Å²) in [5.74, 6) is -2.20. The minimum absolute atomic E-state index is 0.0393. The van der Waals surface area contributed by atoms with E-state index in [1.54, 1.807) is 0 Å². The Balaban J connectivity index is 2.73. The van der Waals surface area contributed by atoms with Crippen molar-refractivity contribution in [2.45, 2.75) is 6.36 Å². The fourth-order valence-electron chi connectivity index (χ4n) is 1.22. The highest BCUT2D eigenvalue weighted by molar-refractivity contribution is 9.10. The normalized spacial score (nSPS) is 12.1. The Morgan fingerprint density at radius 2 is 2.06 bits per heavy atom. The Labute approximate surface area is 104 Å². The summed E-state index contributed by atoms with van der Waals surface area (Å²) in [6, 6.07) is 1.15. The molecule has 17 heavy (non-hydrogen) atoms. The molecule has 0 aliphatic rings. The van der Waals surface area contributed by atoms with Crippen LogP contribution in [0.15, 0.2) is 15.0 Å². The summed E-state index contributed by atoms with van der Waals surface area (Å²) in [4.78, 5) is 2.10. The van der Waals surface area contributed by atoms with Gasteiger partial charge in [0.2, 0.25) is 0 Å². The molecule has 0 atom stereocenters. The van der Waals surface area contributed by atoms with E-state index < -0.39 is 17.9 Å². The van der Waals surface area contributed by atoms with Gasteiger partial charge in [0, 0.05) is 6.07 Å². The largest absolute Gasteiger partial charge is 0.573 e. The van der Waals surface area contributed by atoms with Gasteiger partial charge < -0.3 is 14.1 Å². The minimum atomic E-state index is -5.01. The van der Waals surface area contributed by atoms with Gasteiger partial charge in [0.25, 0.3) is 4.84 Å². The van der Waals surface area contributed by atoms with Crippen molar-refractivity contribution < 1.29 is 26.7 Å². The average Bonchev–Trinajstić information content (AvgIpc) is 2.52. The van der Waals surface area contributed by atoms with Gasteiger partial charge in [-0.15, -0.1) is 13.2 Å². The van der Waals surface area contributed by atoms with Gasteiger partial charge in [-0.25, -0.2) is 4.39 Å². The van der Waals surface area contributed by atoms with E-state index in [1.807, 2.05) is 0 Å². The lowest BCUT2D eigenvalue weighted by molar-refractivity contribution is -0.275. The first-order chi connectivity index (χ1) is 7.78. The summed E-state index contributed by atoms with van der Waals surface area (Å²) >= 11 is 7.36. The van der Waals surface area contributed by atoms with Crippen LogP contribution in [0, 0.1) is 10.7 Å². The van der Waals surface area contributed by atoms with Gasteiger partial charge in [-0.2, -0.15) is 0 Å². The zero-order chi connectivity index (χ0) is 12.8. The molecular formula is C8H2BrF4NO2S. The van der Waals surface area contributed by atoms with Crippen LogP contribution in [0.2, 0.25) is 0 Å². The van der Waals surface area contributed by atoms with Gasteiger partial charge in [-0.3, -0.25) is 0 Å². The topological polar surface area (TPSA) is 38.2 Å². The van der Waals surface area contributed by atoms with E-state index in [4.69, 9.17) is 4.42 Å². The van der Waals surface area contributed by atoms with E-state index >= 15 is 0 Å². The van der Waals surface area contributed by atoms with Gasteiger partial charge in [0.05, 0.1) is 4.47 Å². The first kappa shape index (κ1) is 12.4. The fourth-order valence-corrected chi connectivity index (χ4v) is 1.80. The van der Waals surface area contributed by atoms with Crippen LogP contribution in [0.25, 0.3) is 11.1 Å². The second kappa shape index (κ2) is 3.98. The van der Waals surface area contributed by atoms with E-state index in [1.165, 1.54) is 0 Å². The molecule has 1 heterocycles. The number of rotatable bonds is 1. The van der Waals surface area contributed by atoms with Crippen LogP contribution < -0.4 is 4.74 Å². The zero-order valence-electron chi connectivity index (χ0n) is 7.69. The molecule has 1 aromatic carbocycles. The van der Waals surface area contributed by atoms with Crippen LogP contribution in [0.5, 0.6) is 5.75 Å². The van der Waals surface area contributed by atoms with Gasteiger partial charge in [-0.1, -0.05) is 0 Å². The fraction of sp³-hybridized carbons (Fsp3) is 0.125. The van der Waals surface area contributed by atoms with Gasteiger partial charge in [-0.05, 0) is 28.1 Å². The quantitative estimate of drug-likeness (QED) is 0.625. The number of halogens is 5. The Bertz CT molecular complexity index is 633. The average molecular weight is 332 g/mol. The number of hydrogen-bond acceptors (Lipinski definition) is 3. The molecule has 0 unspecified atom stereocenters. The molecule has 0 spiro atoms. The second-order valence-electron chi connectivity index (χ2n) is 2.94. The van der Waals surface area contributed by atoms with Crippen molar-refractivity contribution in [3.8, 4) is 5.75 Å². The number of oxazole rings is 1. The number of aromatic amines is 1. The summed E-state index contributed by atoms with van der Waals surface area (Å²) in [6.07, 6.45) is -5.01. The SMILES string of the molecule is Fc1c(Br)cc2oc(=S)[nH]c2c1OC(F)(F)F. The maximum atomic E-state index is 13.5. The smallest absolute Gasteiger partial charge is 0.429 e. The molecule has 0 bridgehead atoms. The number of nitrogens with one attached hydrogen (secondary N) is 1. The molecule has 0 saturated heterocycles. The van der Waals surface area contributed by atoms with Crippen molar-refractivity contribution in [1.29, 1.82) is 0 Å². The molecule has 1 aromatic heterocycles. The third-order valence-corrected chi connectivity index (χ3v) is 2.55. The highest BCUT2D eigenvalue weighted by atomic mass is 79.9. The number of H-pyrrole nitrogens is 1. The van der Waals surface area contributed by atoms with E-state index in [0.29, 0.717) is 0 Å². The first-order valence-corrected chi connectivity index (χ1v) is 5.24. The monoisotopic (exact) mass is 331 g/mol. The maximum Gasteiger partial charge on any atom is 0.573 e. The molecule has 0 aliphatic carbocycles. The van der Waals surface area contributed by atoms with Crippen molar-refractivity contribution in [1.82, 2.24) is 4.98 Å². The van der Waals surface area contributed by atoms with Crippen molar-refractivity contribution >= 4 is 39.2 Å². The van der Waals surface area contributed by atoms with E-state index in [-0.39, 0.29) is 20.4 Å². The predicted octanol–water partition coefficient (Wildman–Crippen LogP) is 4.29. The summed E-state index contributed by atoms with van der Waals surface area (Å²) in [5, 5.41) is 0. The molecule has 0 aliphatic heterocycles. The molecule has 92 valence electrons. The van der Waals surface area contributed by atoms with Crippen molar-refractivity contribution in [3.05, 3.63) is 21.2 Å². The molecular weight excluding hydrogens is 330 g/mol. The minimum Gasteiger partial charge on any atom is -0.429 e. The van der Waals surface area contributed by atoms with Crippen LogP contribution in [0.1, 0.15) is 0 Å². The van der Waals surface area contributed by atoms with E-state index in [9.17, 15) is 17.6 Å². The number of ether oxygens (including phenoxy) is 1. The molecule has 2 aromatic rings. The summed E-state index contributed by atoms with van der Waals surface area (Å²) in [7, 11) is 0. The molecule has 0 amide bonds. The van der Waals surface area contributed by atoms with Crippen molar-refractivity contribution in [3.63, 3.8) is 0 Å². The lowest BCUT2D eigenvalue weighted by atomic mass is 10.3. The van der Waals surface area contributed by atoms with Crippen molar-refractivity contribution in [2.75, 3.05) is 0 Å². The van der Waals surface area contributed by atoms with Crippen LogP contribution in [-0.4, -0.2) is 11.3 Å². The van der Waals surface area contributed by atoms with Gasteiger partial charge >= 0.3 is 6.36 Å². The van der Waals surface area contributed by atoms with Crippen LogP contribution >= 0.6 is 28.1 Å². The summed E-state index contributed by atoms with van der Waals surface area (Å²) in [6.45, 7) is 0. The molecule has 3 nitrogen and oxygen atoms in total. The first-order valence-electron chi connectivity index (χ1n) is 4.04. The number of aromatic nitrogens is 1. The second-order valence-corrected chi connectivity index (χ2v) is 4.16. The predicted molar refractivity (Wildman–Crippen MR) is 55.7 cm³/mol. The highest BCUT2D eigenvalue weighted by Crippen LogP contribution is 2.36. The summed E-state index contributed by atoms with van der Waals surface area (Å²) < 4.78 is 58.1. The Hall–Kier alpha value is -1.09. The van der Waals surface area contributed by atoms with Crippen LogP contribution in [-0.2, 0) is 0 Å². The van der Waals surface area contributed by atoms with Gasteiger partial charge in [0.15, 0.2) is 17.1 Å². The number of alkyl halides is 3. The van der Waals surface area contributed by atoms with E-state index in [0.717, 1.165) is 6.07 Å². The summed E-state index contributed by atoms with van der Waals surface area (Å²) in [5.41, 5.74) is -0.324. The van der Waals surface area contributed by atoms with Crippen LogP contribution in [0.3, 0.4) is 0 Å². The third kappa shape index (κ3) is 2.44. The lowest BCUT2D eigenvalue weighted by Crippen LogP contribution is -2.18. The number of benzene rings is 1. The molecule has 0 radical (unpaired) electrons. The van der Waals surface area contributed by atoms with Crippen molar-refractivity contribution in [2.24, 2.45) is 0 Å². The number of hydrogen-bond donors (Lipinski definition) is 1. The molecule has 9 heteroatoms. The molecule has 1 N–H and O–H groups in total. The molecule has 2 rings (SSSR count).